The van der Waals surface area contributed by atoms with E-state index in [1.807, 2.05) is 6.92 Å². The van der Waals surface area contributed by atoms with Gasteiger partial charge in [-0.05, 0) is 32.4 Å². The molecule has 1 aromatic carbocycles. The van der Waals surface area contributed by atoms with E-state index in [9.17, 15) is 14.9 Å². The first-order valence-corrected chi connectivity index (χ1v) is 6.86. The number of aryl methyl sites for hydroxylation is 1. The lowest BCUT2D eigenvalue weighted by Gasteiger charge is -2.20. The number of thioether (sulfide) groups is 1. The Hall–Kier alpha value is -1.36. The number of rotatable bonds is 3. The Labute approximate surface area is 110 Å². The van der Waals surface area contributed by atoms with E-state index < -0.39 is 9.67 Å². The third-order valence-corrected chi connectivity index (χ3v) is 4.89. The quantitative estimate of drug-likeness (QED) is 0.477. The zero-order valence-corrected chi connectivity index (χ0v) is 11.3. The first kappa shape index (κ1) is 13.1. The number of nitrogens with zero attached hydrogens (tertiary/aromatic N) is 1. The molecule has 1 heterocycles. The molecule has 0 aromatic heterocycles. The van der Waals surface area contributed by atoms with E-state index in [0.29, 0.717) is 11.1 Å². The van der Waals surface area contributed by atoms with Crippen molar-refractivity contribution in [1.82, 2.24) is 0 Å². The van der Waals surface area contributed by atoms with Crippen molar-refractivity contribution >= 4 is 23.2 Å². The molecule has 1 atom stereocenters. The minimum Gasteiger partial charge on any atom is -0.293 e. The maximum Gasteiger partial charge on any atom is 0.273 e. The van der Waals surface area contributed by atoms with Crippen LogP contribution in [-0.2, 0) is 0 Å². The Balaban J connectivity index is 2.37. The smallest absolute Gasteiger partial charge is 0.273 e. The molecule has 0 bridgehead atoms. The van der Waals surface area contributed by atoms with Gasteiger partial charge in [0.05, 0.1) is 9.67 Å². The first-order valence-electron chi connectivity index (χ1n) is 5.88. The Bertz CT molecular complexity index is 507. The van der Waals surface area contributed by atoms with Gasteiger partial charge in [-0.15, -0.1) is 11.8 Å². The maximum absolute atomic E-state index is 12.4. The standard InChI is InChI=1S/C13H15NO3S/c1-9-4-5-10(8-11(9)14(16)17)12(15)13(2)6-3-7-18-13/h4-5,8H,3,6-7H2,1-2H3. The topological polar surface area (TPSA) is 60.2 Å². The van der Waals surface area contributed by atoms with Crippen molar-refractivity contribution in [2.45, 2.75) is 31.4 Å². The SMILES string of the molecule is Cc1ccc(C(=O)C2(C)CCCS2)cc1[N+](=O)[O-]. The predicted molar refractivity (Wildman–Crippen MR) is 72.3 cm³/mol. The minimum absolute atomic E-state index is 0.00750. The molecule has 5 heteroatoms. The van der Waals surface area contributed by atoms with Crippen LogP contribution in [-0.4, -0.2) is 21.2 Å². The van der Waals surface area contributed by atoms with E-state index in [2.05, 4.69) is 0 Å². The molecule has 0 spiro atoms. The largest absolute Gasteiger partial charge is 0.293 e. The van der Waals surface area contributed by atoms with Crippen LogP contribution >= 0.6 is 11.8 Å². The third kappa shape index (κ3) is 2.27. The number of nitro groups is 1. The summed E-state index contributed by atoms with van der Waals surface area (Å²) in [5.41, 5.74) is 1.05. The molecular weight excluding hydrogens is 250 g/mol. The lowest BCUT2D eigenvalue weighted by Crippen LogP contribution is -2.28. The van der Waals surface area contributed by atoms with Crippen LogP contribution in [0.2, 0.25) is 0 Å². The normalized spacial score (nSPS) is 23.0. The van der Waals surface area contributed by atoms with Crippen molar-refractivity contribution in [2.75, 3.05) is 5.75 Å². The fourth-order valence-electron chi connectivity index (χ4n) is 2.21. The van der Waals surface area contributed by atoms with Crippen LogP contribution in [0.5, 0.6) is 0 Å². The summed E-state index contributed by atoms with van der Waals surface area (Å²) in [6.07, 6.45) is 1.87. The summed E-state index contributed by atoms with van der Waals surface area (Å²) in [7, 11) is 0. The molecule has 0 N–H and O–H groups in total. The van der Waals surface area contributed by atoms with Crippen molar-refractivity contribution in [3.8, 4) is 0 Å². The zero-order valence-electron chi connectivity index (χ0n) is 10.4. The molecule has 1 aromatic rings. The number of hydrogen-bond acceptors (Lipinski definition) is 4. The summed E-state index contributed by atoms with van der Waals surface area (Å²) >= 11 is 1.65. The molecule has 1 saturated heterocycles. The number of carbonyl (C=O) groups is 1. The van der Waals surface area contributed by atoms with Crippen LogP contribution in [0, 0.1) is 17.0 Å². The summed E-state index contributed by atoms with van der Waals surface area (Å²) in [6.45, 7) is 3.61. The highest BCUT2D eigenvalue weighted by atomic mass is 32.2. The highest BCUT2D eigenvalue weighted by Crippen LogP contribution is 2.40. The van der Waals surface area contributed by atoms with Gasteiger partial charge in [0.2, 0.25) is 0 Å². The second-order valence-corrected chi connectivity index (χ2v) is 6.37. The van der Waals surface area contributed by atoms with Crippen LogP contribution in [0.3, 0.4) is 0 Å². The molecule has 1 aliphatic rings. The molecule has 0 aliphatic carbocycles. The lowest BCUT2D eigenvalue weighted by atomic mass is 9.94. The van der Waals surface area contributed by atoms with Crippen LogP contribution in [0.15, 0.2) is 18.2 Å². The van der Waals surface area contributed by atoms with Crippen LogP contribution in [0.1, 0.15) is 35.7 Å². The fraction of sp³-hybridized carbons (Fsp3) is 0.462. The van der Waals surface area contributed by atoms with Crippen LogP contribution in [0.4, 0.5) is 5.69 Å². The molecule has 0 saturated carbocycles. The van der Waals surface area contributed by atoms with E-state index in [1.165, 1.54) is 6.07 Å². The number of carbonyl (C=O) groups excluding carboxylic acids is 1. The van der Waals surface area contributed by atoms with E-state index in [-0.39, 0.29) is 11.5 Å². The van der Waals surface area contributed by atoms with Crippen molar-refractivity contribution in [2.24, 2.45) is 0 Å². The summed E-state index contributed by atoms with van der Waals surface area (Å²) in [5, 5.41) is 10.9. The average molecular weight is 265 g/mol. The Morgan fingerprint density at radius 3 is 2.78 bits per heavy atom. The lowest BCUT2D eigenvalue weighted by molar-refractivity contribution is -0.385. The summed E-state index contributed by atoms with van der Waals surface area (Å²) in [6, 6.07) is 4.74. The van der Waals surface area contributed by atoms with E-state index >= 15 is 0 Å². The molecule has 2 rings (SSSR count). The Kier molecular flexibility index (Phi) is 3.43. The Morgan fingerprint density at radius 2 is 2.22 bits per heavy atom. The van der Waals surface area contributed by atoms with Gasteiger partial charge in [0.1, 0.15) is 0 Å². The first-order chi connectivity index (χ1) is 8.44. The molecule has 1 fully saturated rings. The van der Waals surface area contributed by atoms with Crippen LogP contribution < -0.4 is 0 Å². The second kappa shape index (κ2) is 4.72. The van der Waals surface area contributed by atoms with E-state index in [1.54, 1.807) is 30.8 Å². The van der Waals surface area contributed by atoms with E-state index in [0.717, 1.165) is 18.6 Å². The van der Waals surface area contributed by atoms with Crippen LogP contribution in [0.25, 0.3) is 0 Å². The van der Waals surface area contributed by atoms with Gasteiger partial charge in [0.25, 0.3) is 5.69 Å². The molecule has 0 radical (unpaired) electrons. The van der Waals surface area contributed by atoms with Gasteiger partial charge < -0.3 is 0 Å². The number of nitro benzene ring substituents is 1. The molecule has 4 nitrogen and oxygen atoms in total. The molecule has 18 heavy (non-hydrogen) atoms. The van der Waals surface area contributed by atoms with Gasteiger partial charge in [-0.2, -0.15) is 0 Å². The fourth-order valence-corrected chi connectivity index (χ4v) is 3.49. The predicted octanol–water partition coefficient (Wildman–Crippen LogP) is 3.37. The number of Topliss-reactive ketones (excluding diaryl/α,β-unsaturated/α-hetero) is 1. The van der Waals surface area contributed by atoms with Crippen molar-refractivity contribution in [3.05, 3.63) is 39.4 Å². The molecular formula is C13H15NO3S. The van der Waals surface area contributed by atoms with Gasteiger partial charge in [-0.1, -0.05) is 12.1 Å². The van der Waals surface area contributed by atoms with Gasteiger partial charge in [0.15, 0.2) is 5.78 Å². The van der Waals surface area contributed by atoms with Gasteiger partial charge in [-0.25, -0.2) is 0 Å². The number of ketones is 1. The monoisotopic (exact) mass is 265 g/mol. The van der Waals surface area contributed by atoms with Crippen molar-refractivity contribution < 1.29 is 9.72 Å². The highest BCUT2D eigenvalue weighted by molar-refractivity contribution is 8.01. The van der Waals surface area contributed by atoms with Gasteiger partial charge in [-0.3, -0.25) is 14.9 Å². The number of benzene rings is 1. The van der Waals surface area contributed by atoms with Gasteiger partial charge >= 0.3 is 0 Å². The molecule has 96 valence electrons. The zero-order chi connectivity index (χ0) is 13.3. The molecule has 1 unspecified atom stereocenters. The Morgan fingerprint density at radius 1 is 1.50 bits per heavy atom. The third-order valence-electron chi connectivity index (χ3n) is 3.37. The molecule has 1 aliphatic heterocycles. The van der Waals surface area contributed by atoms with E-state index in [4.69, 9.17) is 0 Å². The van der Waals surface area contributed by atoms with Crippen molar-refractivity contribution in [1.29, 1.82) is 0 Å². The maximum atomic E-state index is 12.4. The highest BCUT2D eigenvalue weighted by Gasteiger charge is 2.38. The van der Waals surface area contributed by atoms with Gasteiger partial charge in [0, 0.05) is 17.2 Å². The van der Waals surface area contributed by atoms with Crippen molar-refractivity contribution in [3.63, 3.8) is 0 Å². The number of hydrogen-bond donors (Lipinski definition) is 0. The second-order valence-electron chi connectivity index (χ2n) is 4.77. The average Bonchev–Trinajstić information content (AvgIpc) is 2.77. The summed E-state index contributed by atoms with van der Waals surface area (Å²) < 4.78 is -0.414. The summed E-state index contributed by atoms with van der Waals surface area (Å²) in [5.74, 6) is 0.990. The molecule has 0 amide bonds. The summed E-state index contributed by atoms with van der Waals surface area (Å²) in [4.78, 5) is 22.9. The minimum atomic E-state index is -0.434.